The van der Waals surface area contributed by atoms with E-state index in [1.165, 1.54) is 0 Å². The highest BCUT2D eigenvalue weighted by Crippen LogP contribution is 2.32. The number of para-hydroxylation sites is 1. The Morgan fingerprint density at radius 1 is 0.686 bits per heavy atom. The van der Waals surface area contributed by atoms with Gasteiger partial charge in [-0.1, -0.05) is 84.9 Å². The average Bonchev–Trinajstić information content (AvgIpc) is 3.38. The van der Waals surface area contributed by atoms with E-state index < -0.39 is 0 Å². The van der Waals surface area contributed by atoms with Crippen LogP contribution in [0.15, 0.2) is 125 Å². The van der Waals surface area contributed by atoms with E-state index in [9.17, 15) is 0 Å². The smallest absolute Gasteiger partial charge is 0.227 e. The Morgan fingerprint density at radius 2 is 1.40 bits per heavy atom. The van der Waals surface area contributed by atoms with Crippen molar-refractivity contribution in [2.75, 3.05) is 0 Å². The first-order valence-corrected chi connectivity index (χ1v) is 11.7. The second-order valence-electron chi connectivity index (χ2n) is 8.71. The zero-order chi connectivity index (χ0) is 23.2. The number of nitrogens with one attached hydrogen (secondary N) is 1. The van der Waals surface area contributed by atoms with Gasteiger partial charge >= 0.3 is 0 Å². The van der Waals surface area contributed by atoms with Crippen LogP contribution < -0.4 is 15.9 Å². The van der Waals surface area contributed by atoms with Crippen molar-refractivity contribution in [3.63, 3.8) is 0 Å². The first-order valence-electron chi connectivity index (χ1n) is 11.7. The largest absolute Gasteiger partial charge is 0.436 e. The molecule has 0 saturated carbocycles. The molecule has 4 nitrogen and oxygen atoms in total. The molecule has 0 aliphatic carbocycles. The lowest BCUT2D eigenvalue weighted by molar-refractivity contribution is 0.620. The predicted octanol–water partition coefficient (Wildman–Crippen LogP) is 5.73. The lowest BCUT2D eigenvalue weighted by atomic mass is 10.0. The molecule has 6 aromatic rings. The van der Waals surface area contributed by atoms with Crippen molar-refractivity contribution in [2.45, 2.75) is 6.17 Å². The van der Waals surface area contributed by atoms with Crippen LogP contribution in [0.3, 0.4) is 0 Å². The molecule has 0 spiro atoms. The van der Waals surface area contributed by atoms with Gasteiger partial charge in [0.15, 0.2) is 5.58 Å². The molecule has 4 heteroatoms. The van der Waals surface area contributed by atoms with Gasteiger partial charge in [0.25, 0.3) is 0 Å². The summed E-state index contributed by atoms with van der Waals surface area (Å²) in [5.74, 6) is 0.632. The fourth-order valence-corrected chi connectivity index (χ4v) is 4.79. The van der Waals surface area contributed by atoms with Gasteiger partial charge in [-0.05, 0) is 46.8 Å². The molecule has 1 N–H and O–H groups in total. The summed E-state index contributed by atoms with van der Waals surface area (Å²) in [7, 11) is 0. The normalized spacial score (nSPS) is 15.0. The van der Waals surface area contributed by atoms with Crippen LogP contribution in [-0.4, -0.2) is 4.98 Å². The second-order valence-corrected chi connectivity index (χ2v) is 8.71. The van der Waals surface area contributed by atoms with E-state index in [0.717, 1.165) is 54.8 Å². The number of fused-ring (bicyclic) bond motifs is 4. The highest BCUT2D eigenvalue weighted by molar-refractivity contribution is 6.04. The maximum Gasteiger partial charge on any atom is 0.227 e. The van der Waals surface area contributed by atoms with Crippen molar-refractivity contribution < 1.29 is 4.42 Å². The van der Waals surface area contributed by atoms with Gasteiger partial charge in [-0.25, -0.2) is 4.98 Å². The molecule has 5 aromatic carbocycles. The molecule has 7 rings (SSSR count). The van der Waals surface area contributed by atoms with E-state index in [1.807, 2.05) is 48.5 Å². The summed E-state index contributed by atoms with van der Waals surface area (Å²) in [6.07, 6.45) is -0.208. The third kappa shape index (κ3) is 3.39. The maximum absolute atomic E-state index is 6.11. The fourth-order valence-electron chi connectivity index (χ4n) is 4.79. The number of hydrogen-bond donors (Lipinski definition) is 1. The zero-order valence-corrected chi connectivity index (χ0v) is 18.8. The van der Waals surface area contributed by atoms with Crippen molar-refractivity contribution in [1.29, 1.82) is 0 Å². The van der Waals surface area contributed by atoms with Gasteiger partial charge in [-0.2, -0.15) is 0 Å². The van der Waals surface area contributed by atoms with Crippen LogP contribution in [-0.2, 0) is 0 Å². The van der Waals surface area contributed by atoms with E-state index >= 15 is 0 Å². The molecule has 1 aliphatic rings. The summed E-state index contributed by atoms with van der Waals surface area (Å²) in [6.45, 7) is 0. The van der Waals surface area contributed by atoms with Crippen LogP contribution in [0.2, 0.25) is 0 Å². The lowest BCUT2D eigenvalue weighted by Crippen LogP contribution is -2.39. The molecule has 1 atom stereocenters. The number of oxazole rings is 1. The third-order valence-electron chi connectivity index (χ3n) is 6.52. The van der Waals surface area contributed by atoms with Crippen LogP contribution in [0.25, 0.3) is 39.0 Å². The molecule has 35 heavy (non-hydrogen) atoms. The van der Waals surface area contributed by atoms with Crippen molar-refractivity contribution in [3.05, 3.63) is 137 Å². The van der Waals surface area contributed by atoms with Crippen molar-refractivity contribution in [3.8, 4) is 11.5 Å². The standard InChI is InChI=1S/C31H21N3O/c1-3-9-21(10-4-1)28-24-13-7-8-14-26(24)32-30(33-28)23-16-15-20-17-18-27-29(25(20)19-23)34-31(35-27)22-11-5-2-6-12-22/h1-19,30,33H. The van der Waals surface area contributed by atoms with Gasteiger partial charge in [-0.3, -0.25) is 4.99 Å². The van der Waals surface area contributed by atoms with E-state index in [1.54, 1.807) is 0 Å². The molecule has 1 unspecified atom stereocenters. The second kappa shape index (κ2) is 7.96. The summed E-state index contributed by atoms with van der Waals surface area (Å²) >= 11 is 0. The predicted molar refractivity (Wildman–Crippen MR) is 139 cm³/mol. The quantitative estimate of drug-likeness (QED) is 0.374. The highest BCUT2D eigenvalue weighted by Gasteiger charge is 2.19. The Kier molecular flexibility index (Phi) is 4.49. The van der Waals surface area contributed by atoms with E-state index in [0.29, 0.717) is 5.89 Å². The summed E-state index contributed by atoms with van der Waals surface area (Å²) in [5.41, 5.74) is 5.93. The molecule has 2 heterocycles. The van der Waals surface area contributed by atoms with E-state index in [4.69, 9.17) is 14.4 Å². The van der Waals surface area contributed by atoms with Crippen molar-refractivity contribution >= 4 is 27.6 Å². The summed E-state index contributed by atoms with van der Waals surface area (Å²) < 4.78 is 6.11. The third-order valence-corrected chi connectivity index (χ3v) is 6.52. The molecule has 0 radical (unpaired) electrons. The number of aromatic nitrogens is 1. The summed E-state index contributed by atoms with van der Waals surface area (Å²) in [4.78, 5) is 9.93. The first-order chi connectivity index (χ1) is 17.3. The number of hydrogen-bond acceptors (Lipinski definition) is 4. The van der Waals surface area contributed by atoms with Gasteiger partial charge in [0, 0.05) is 16.2 Å². The Labute approximate surface area is 201 Å². The molecule has 0 amide bonds. The van der Waals surface area contributed by atoms with Gasteiger partial charge < -0.3 is 9.73 Å². The Morgan fingerprint density at radius 3 is 2.23 bits per heavy atom. The van der Waals surface area contributed by atoms with E-state index in [2.05, 4.69) is 72.0 Å². The Balaban J connectivity index is 1.38. The van der Waals surface area contributed by atoms with Gasteiger partial charge in [0.05, 0.1) is 11.1 Å². The highest BCUT2D eigenvalue weighted by atomic mass is 16.3. The molecule has 1 aliphatic heterocycles. The molecule has 0 fully saturated rings. The van der Waals surface area contributed by atoms with Crippen LogP contribution >= 0.6 is 0 Å². The van der Waals surface area contributed by atoms with Crippen LogP contribution in [0.5, 0.6) is 0 Å². The average molecular weight is 452 g/mol. The molecule has 166 valence electrons. The maximum atomic E-state index is 6.11. The molecular weight excluding hydrogens is 430 g/mol. The zero-order valence-electron chi connectivity index (χ0n) is 18.8. The van der Waals surface area contributed by atoms with Crippen molar-refractivity contribution in [2.24, 2.45) is 4.99 Å². The SMILES string of the molecule is c1ccc(C2=c3ccccc3=NC(c3ccc4ccc5oc(-c6ccccc6)nc5c4c3)N2)cc1. The summed E-state index contributed by atoms with van der Waals surface area (Å²) in [5, 5.41) is 7.97. The monoisotopic (exact) mass is 451 g/mol. The Bertz CT molecular complexity index is 1820. The number of rotatable bonds is 3. The van der Waals surface area contributed by atoms with Gasteiger partial charge in [-0.15, -0.1) is 0 Å². The topological polar surface area (TPSA) is 50.4 Å². The lowest BCUT2D eigenvalue weighted by Gasteiger charge is -2.23. The number of benzene rings is 5. The summed E-state index contributed by atoms with van der Waals surface area (Å²) in [6, 6.07) is 39.3. The minimum atomic E-state index is -0.208. The minimum absolute atomic E-state index is 0.208. The number of nitrogens with zero attached hydrogens (tertiary/aromatic N) is 2. The van der Waals surface area contributed by atoms with Gasteiger partial charge in [0.2, 0.25) is 5.89 Å². The fraction of sp³-hybridized carbons (Fsp3) is 0.0323. The van der Waals surface area contributed by atoms with Crippen LogP contribution in [0.1, 0.15) is 17.3 Å². The molecule has 0 bridgehead atoms. The first kappa shape index (κ1) is 19.7. The minimum Gasteiger partial charge on any atom is -0.436 e. The van der Waals surface area contributed by atoms with Crippen LogP contribution in [0.4, 0.5) is 0 Å². The molecule has 0 saturated heterocycles. The van der Waals surface area contributed by atoms with Crippen molar-refractivity contribution in [1.82, 2.24) is 10.3 Å². The Hall–Kier alpha value is -4.70. The van der Waals surface area contributed by atoms with E-state index in [-0.39, 0.29) is 6.17 Å². The molecule has 1 aromatic heterocycles. The van der Waals surface area contributed by atoms with Crippen LogP contribution in [0, 0.1) is 0 Å². The van der Waals surface area contributed by atoms with Gasteiger partial charge in [0.1, 0.15) is 11.7 Å². The molecular formula is C31H21N3O.